The fraction of sp³-hybridized carbons (Fsp3) is 0.412. The summed E-state index contributed by atoms with van der Waals surface area (Å²) < 4.78 is 11.4. The molecule has 0 radical (unpaired) electrons. The molecule has 0 spiro atoms. The van der Waals surface area contributed by atoms with Crippen LogP contribution in [0.25, 0.3) is 0 Å². The van der Waals surface area contributed by atoms with Crippen molar-refractivity contribution < 1.29 is 14.3 Å². The zero-order chi connectivity index (χ0) is 17.1. The van der Waals surface area contributed by atoms with E-state index >= 15 is 0 Å². The third kappa shape index (κ3) is 3.42. The molecular weight excluding hydrogens is 392 g/mol. The fourth-order valence-corrected chi connectivity index (χ4v) is 4.30. The number of thiazole rings is 1. The van der Waals surface area contributed by atoms with E-state index in [2.05, 4.69) is 20.9 Å². The summed E-state index contributed by atoms with van der Waals surface area (Å²) in [5.41, 5.74) is 0.576. The van der Waals surface area contributed by atoms with E-state index in [1.165, 1.54) is 0 Å². The lowest BCUT2D eigenvalue weighted by Crippen LogP contribution is -2.39. The first-order valence-corrected chi connectivity index (χ1v) is 9.41. The highest BCUT2D eigenvalue weighted by molar-refractivity contribution is 9.10. The van der Waals surface area contributed by atoms with Crippen LogP contribution >= 0.6 is 27.3 Å². The van der Waals surface area contributed by atoms with Crippen LogP contribution < -0.4 is 9.47 Å². The van der Waals surface area contributed by atoms with Crippen molar-refractivity contribution in [1.82, 2.24) is 9.88 Å². The first kappa shape index (κ1) is 17.2. The Balaban J connectivity index is 1.83. The van der Waals surface area contributed by atoms with Crippen molar-refractivity contribution in [3.63, 3.8) is 0 Å². The average molecular weight is 411 g/mol. The molecule has 5 nitrogen and oxygen atoms in total. The summed E-state index contributed by atoms with van der Waals surface area (Å²) >= 11 is 5.09. The van der Waals surface area contributed by atoms with Gasteiger partial charge in [-0.15, -0.1) is 11.3 Å². The van der Waals surface area contributed by atoms with Gasteiger partial charge in [-0.3, -0.25) is 4.79 Å². The number of methoxy groups -OCH3 is 2. The van der Waals surface area contributed by atoms with Crippen LogP contribution in [0.2, 0.25) is 0 Å². The van der Waals surface area contributed by atoms with Gasteiger partial charge >= 0.3 is 0 Å². The van der Waals surface area contributed by atoms with Crippen LogP contribution in [-0.4, -0.2) is 43.1 Å². The minimum atomic E-state index is 0.000330. The summed E-state index contributed by atoms with van der Waals surface area (Å²) in [7, 11) is 3.15. The molecule has 2 aromatic rings. The van der Waals surface area contributed by atoms with Crippen LogP contribution in [0.4, 0.5) is 0 Å². The number of piperidine rings is 1. The van der Waals surface area contributed by atoms with Crippen LogP contribution in [0.15, 0.2) is 28.2 Å². The Morgan fingerprint density at radius 1 is 1.33 bits per heavy atom. The molecule has 1 amide bonds. The predicted molar refractivity (Wildman–Crippen MR) is 97.2 cm³/mol. The Labute approximate surface area is 153 Å². The fourth-order valence-electron chi connectivity index (χ4n) is 2.97. The van der Waals surface area contributed by atoms with Gasteiger partial charge in [-0.2, -0.15) is 0 Å². The number of halogens is 1. The van der Waals surface area contributed by atoms with Gasteiger partial charge < -0.3 is 14.4 Å². The van der Waals surface area contributed by atoms with Crippen LogP contribution in [0, 0.1) is 0 Å². The van der Waals surface area contributed by atoms with E-state index in [1.54, 1.807) is 37.7 Å². The number of benzene rings is 1. The van der Waals surface area contributed by atoms with Crippen molar-refractivity contribution in [2.45, 2.75) is 18.8 Å². The van der Waals surface area contributed by atoms with Crippen LogP contribution in [0.1, 0.15) is 34.1 Å². The van der Waals surface area contributed by atoms with E-state index in [9.17, 15) is 4.79 Å². The van der Waals surface area contributed by atoms with Gasteiger partial charge in [0.15, 0.2) is 0 Å². The third-order valence-electron chi connectivity index (χ3n) is 4.20. The largest absolute Gasteiger partial charge is 0.495 e. The van der Waals surface area contributed by atoms with E-state index in [1.807, 2.05) is 16.5 Å². The number of ether oxygens (including phenoxy) is 2. The van der Waals surface area contributed by atoms with Gasteiger partial charge in [0.1, 0.15) is 16.0 Å². The SMILES string of the molecule is COc1cc(C(=O)N2CCCC(c3nccs3)C2)cc(OC)c1Br. The standard InChI is InChI=1S/C17H19BrN2O3S/c1-22-13-8-12(9-14(23-2)15(13)18)17(21)20-6-3-4-11(10-20)16-19-5-7-24-16/h5,7-9,11H,3-4,6,10H2,1-2H3. The van der Waals surface area contributed by atoms with Gasteiger partial charge in [-0.25, -0.2) is 4.98 Å². The van der Waals surface area contributed by atoms with Gasteiger partial charge in [-0.05, 0) is 40.9 Å². The first-order valence-electron chi connectivity index (χ1n) is 7.74. The molecule has 24 heavy (non-hydrogen) atoms. The molecule has 3 rings (SSSR count). The van der Waals surface area contributed by atoms with E-state index < -0.39 is 0 Å². The first-order chi connectivity index (χ1) is 11.6. The highest BCUT2D eigenvalue weighted by atomic mass is 79.9. The Bertz CT molecular complexity index is 696. The van der Waals surface area contributed by atoms with Crippen molar-refractivity contribution in [3.05, 3.63) is 38.8 Å². The number of likely N-dealkylation sites (tertiary alicyclic amines) is 1. The van der Waals surface area contributed by atoms with E-state index in [-0.39, 0.29) is 5.91 Å². The lowest BCUT2D eigenvalue weighted by molar-refractivity contribution is 0.0706. The molecule has 1 unspecified atom stereocenters. The normalized spacial score (nSPS) is 17.6. The maximum atomic E-state index is 12.9. The van der Waals surface area contributed by atoms with Crippen molar-refractivity contribution in [2.75, 3.05) is 27.3 Å². The number of amides is 1. The van der Waals surface area contributed by atoms with E-state index in [0.29, 0.717) is 34.0 Å². The number of carbonyl (C=O) groups excluding carboxylic acids is 1. The number of hydrogen-bond donors (Lipinski definition) is 0. The number of nitrogens with zero attached hydrogens (tertiary/aromatic N) is 2. The smallest absolute Gasteiger partial charge is 0.254 e. The molecule has 1 aliphatic rings. The second kappa shape index (κ2) is 7.53. The molecule has 1 fully saturated rings. The lowest BCUT2D eigenvalue weighted by atomic mass is 9.98. The van der Waals surface area contributed by atoms with Gasteiger partial charge in [0, 0.05) is 36.1 Å². The van der Waals surface area contributed by atoms with Crippen molar-refractivity contribution in [3.8, 4) is 11.5 Å². The van der Waals surface area contributed by atoms with Crippen LogP contribution in [-0.2, 0) is 0 Å². The van der Waals surface area contributed by atoms with E-state index in [0.717, 1.165) is 24.4 Å². The quantitative estimate of drug-likeness (QED) is 0.765. The summed E-state index contributed by atoms with van der Waals surface area (Å²) in [5.74, 6) is 1.50. The molecule has 7 heteroatoms. The molecular formula is C17H19BrN2O3S. The minimum Gasteiger partial charge on any atom is -0.495 e. The molecule has 1 aromatic heterocycles. The maximum Gasteiger partial charge on any atom is 0.254 e. The number of aromatic nitrogens is 1. The molecule has 1 aromatic carbocycles. The van der Waals surface area contributed by atoms with Gasteiger partial charge in [0.05, 0.1) is 19.2 Å². The molecule has 0 bridgehead atoms. The second-order valence-electron chi connectivity index (χ2n) is 5.66. The van der Waals surface area contributed by atoms with Crippen molar-refractivity contribution >= 4 is 33.2 Å². The Hall–Kier alpha value is -1.60. The van der Waals surface area contributed by atoms with Gasteiger partial charge in [-0.1, -0.05) is 0 Å². The van der Waals surface area contributed by atoms with Crippen molar-refractivity contribution in [2.24, 2.45) is 0 Å². The summed E-state index contributed by atoms with van der Waals surface area (Å²) in [6, 6.07) is 3.50. The minimum absolute atomic E-state index is 0.000330. The molecule has 1 atom stereocenters. The Kier molecular flexibility index (Phi) is 5.40. The maximum absolute atomic E-state index is 12.9. The molecule has 1 saturated heterocycles. The van der Waals surface area contributed by atoms with Crippen molar-refractivity contribution in [1.29, 1.82) is 0 Å². The highest BCUT2D eigenvalue weighted by Gasteiger charge is 2.27. The zero-order valence-electron chi connectivity index (χ0n) is 13.6. The third-order valence-corrected chi connectivity index (χ3v) is 5.92. The lowest BCUT2D eigenvalue weighted by Gasteiger charge is -2.32. The number of hydrogen-bond acceptors (Lipinski definition) is 5. The molecule has 0 saturated carbocycles. The zero-order valence-corrected chi connectivity index (χ0v) is 16.0. The Morgan fingerprint density at radius 2 is 2.04 bits per heavy atom. The number of carbonyl (C=O) groups is 1. The molecule has 1 aliphatic heterocycles. The average Bonchev–Trinajstić information content (AvgIpc) is 3.16. The molecule has 0 aliphatic carbocycles. The molecule has 2 heterocycles. The van der Waals surface area contributed by atoms with E-state index in [4.69, 9.17) is 9.47 Å². The van der Waals surface area contributed by atoms with Gasteiger partial charge in [0.25, 0.3) is 5.91 Å². The molecule has 0 N–H and O–H groups in total. The summed E-state index contributed by atoms with van der Waals surface area (Å²) in [6.45, 7) is 1.47. The highest BCUT2D eigenvalue weighted by Crippen LogP contribution is 2.36. The second-order valence-corrected chi connectivity index (χ2v) is 7.37. The Morgan fingerprint density at radius 3 is 2.62 bits per heavy atom. The summed E-state index contributed by atoms with van der Waals surface area (Å²) in [4.78, 5) is 19.3. The number of rotatable bonds is 4. The monoisotopic (exact) mass is 410 g/mol. The predicted octanol–water partition coefficient (Wildman–Crippen LogP) is 3.94. The molecule has 128 valence electrons. The van der Waals surface area contributed by atoms with Crippen LogP contribution in [0.5, 0.6) is 11.5 Å². The van der Waals surface area contributed by atoms with Gasteiger partial charge in [0.2, 0.25) is 0 Å². The summed E-state index contributed by atoms with van der Waals surface area (Å²) in [6.07, 6.45) is 3.89. The topological polar surface area (TPSA) is 51.7 Å². The summed E-state index contributed by atoms with van der Waals surface area (Å²) in [5, 5.41) is 3.10. The van der Waals surface area contributed by atoms with Crippen LogP contribution in [0.3, 0.4) is 0 Å².